The van der Waals surface area contributed by atoms with Gasteiger partial charge in [0.05, 0.1) is 15.3 Å². The molecule has 3 amide bonds. The zero-order valence-corrected chi connectivity index (χ0v) is 19.6. The summed E-state index contributed by atoms with van der Waals surface area (Å²) in [5.74, 6) is -1.23. The highest BCUT2D eigenvalue weighted by Gasteiger charge is 2.29. The summed E-state index contributed by atoms with van der Waals surface area (Å²) in [7, 11) is 0. The van der Waals surface area contributed by atoms with Gasteiger partial charge in [-0.3, -0.25) is 9.59 Å². The van der Waals surface area contributed by atoms with E-state index in [4.69, 9.17) is 0 Å². The third kappa shape index (κ3) is 4.30. The number of fused-ring (bicyclic) bond motifs is 1. The van der Waals surface area contributed by atoms with Crippen LogP contribution >= 0.6 is 67.8 Å². The Bertz CT molecular complexity index is 917. The SMILES string of the molecule is O=C(Nc1ccc(I)c(I)c1I)NC1CC(=O)C(=O)Nc2ccccc21. The predicted molar refractivity (Wildman–Crippen MR) is 124 cm³/mol. The lowest BCUT2D eigenvalue weighted by Crippen LogP contribution is -2.34. The summed E-state index contributed by atoms with van der Waals surface area (Å²) in [5, 5.41) is 8.21. The lowest BCUT2D eigenvalue weighted by atomic mass is 10.0. The Kier molecular flexibility index (Phi) is 6.37. The number of halogens is 3. The Morgan fingerprint density at radius 2 is 1.77 bits per heavy atom. The van der Waals surface area contributed by atoms with E-state index in [1.165, 1.54) is 0 Å². The number of ketones is 1. The average molecular weight is 687 g/mol. The molecule has 0 radical (unpaired) electrons. The molecule has 0 bridgehead atoms. The predicted octanol–water partition coefficient (Wildman–Crippen LogP) is 4.27. The van der Waals surface area contributed by atoms with E-state index in [-0.39, 0.29) is 6.42 Å². The van der Waals surface area contributed by atoms with E-state index < -0.39 is 23.8 Å². The van der Waals surface area contributed by atoms with Crippen molar-refractivity contribution in [2.24, 2.45) is 0 Å². The molecule has 1 atom stereocenters. The van der Waals surface area contributed by atoms with Gasteiger partial charge in [-0.05, 0) is 91.5 Å². The number of hydrogen-bond acceptors (Lipinski definition) is 3. The highest BCUT2D eigenvalue weighted by Crippen LogP contribution is 2.30. The molecule has 26 heavy (non-hydrogen) atoms. The molecule has 0 saturated carbocycles. The summed E-state index contributed by atoms with van der Waals surface area (Å²) < 4.78 is 3.11. The van der Waals surface area contributed by atoms with Crippen LogP contribution in [0.1, 0.15) is 18.0 Å². The zero-order chi connectivity index (χ0) is 18.8. The Labute approximate surface area is 190 Å². The highest BCUT2D eigenvalue weighted by molar-refractivity contribution is 14.1. The van der Waals surface area contributed by atoms with Crippen molar-refractivity contribution >= 4 is 96.9 Å². The molecule has 134 valence electrons. The second-order valence-electron chi connectivity index (χ2n) is 5.54. The van der Waals surface area contributed by atoms with Crippen molar-refractivity contribution in [3.05, 3.63) is 52.7 Å². The first-order valence-corrected chi connectivity index (χ1v) is 10.7. The van der Waals surface area contributed by atoms with Crippen LogP contribution in [0.5, 0.6) is 0 Å². The van der Waals surface area contributed by atoms with Crippen LogP contribution in [0.25, 0.3) is 0 Å². The first-order chi connectivity index (χ1) is 12.4. The van der Waals surface area contributed by atoms with Crippen LogP contribution in [0.3, 0.4) is 0 Å². The van der Waals surface area contributed by atoms with Crippen LogP contribution in [0, 0.1) is 10.7 Å². The molecule has 6 nitrogen and oxygen atoms in total. The van der Waals surface area contributed by atoms with Gasteiger partial charge in [0, 0.05) is 19.2 Å². The van der Waals surface area contributed by atoms with Crippen molar-refractivity contribution in [1.29, 1.82) is 0 Å². The number of carbonyl (C=O) groups excluding carboxylic acids is 3. The summed E-state index contributed by atoms with van der Waals surface area (Å²) in [6.07, 6.45) is -0.0857. The maximum Gasteiger partial charge on any atom is 0.319 e. The maximum absolute atomic E-state index is 12.5. The Morgan fingerprint density at radius 3 is 2.54 bits per heavy atom. The van der Waals surface area contributed by atoms with Gasteiger partial charge in [0.1, 0.15) is 0 Å². The van der Waals surface area contributed by atoms with Gasteiger partial charge in [-0.2, -0.15) is 0 Å². The lowest BCUT2D eigenvalue weighted by molar-refractivity contribution is -0.134. The third-order valence-electron chi connectivity index (χ3n) is 3.82. The normalized spacial score (nSPS) is 16.3. The smallest absolute Gasteiger partial charge is 0.319 e. The van der Waals surface area contributed by atoms with Crippen molar-refractivity contribution in [3.63, 3.8) is 0 Å². The van der Waals surface area contributed by atoms with Crippen molar-refractivity contribution in [1.82, 2.24) is 5.32 Å². The van der Waals surface area contributed by atoms with Crippen molar-refractivity contribution in [3.8, 4) is 0 Å². The molecule has 0 spiro atoms. The second-order valence-corrected chi connectivity index (χ2v) is 8.86. The van der Waals surface area contributed by atoms with E-state index in [1.54, 1.807) is 24.3 Å². The number of anilines is 2. The number of para-hydroxylation sites is 1. The molecular weight excluding hydrogens is 675 g/mol. The van der Waals surface area contributed by atoms with E-state index in [1.807, 2.05) is 12.1 Å². The number of urea groups is 1. The molecule has 0 fully saturated rings. The van der Waals surface area contributed by atoms with E-state index in [0.717, 1.165) is 10.7 Å². The van der Waals surface area contributed by atoms with Gasteiger partial charge in [0.15, 0.2) is 0 Å². The topological polar surface area (TPSA) is 87.3 Å². The number of benzene rings is 2. The van der Waals surface area contributed by atoms with E-state index in [2.05, 4.69) is 83.7 Å². The summed E-state index contributed by atoms with van der Waals surface area (Å²) in [5.41, 5.74) is 1.93. The van der Waals surface area contributed by atoms with E-state index in [9.17, 15) is 14.4 Å². The number of Topliss-reactive ketones (excluding diaryl/α,β-unsaturated/α-hetero) is 1. The molecule has 2 aromatic carbocycles. The first-order valence-electron chi connectivity index (χ1n) is 7.51. The Morgan fingerprint density at radius 1 is 1.04 bits per heavy atom. The van der Waals surface area contributed by atoms with Gasteiger partial charge < -0.3 is 16.0 Å². The van der Waals surface area contributed by atoms with E-state index in [0.29, 0.717) is 16.9 Å². The largest absolute Gasteiger partial charge is 0.331 e. The molecule has 0 aliphatic carbocycles. The second kappa shape index (κ2) is 8.37. The Hall–Kier alpha value is -0.960. The Balaban J connectivity index is 1.82. The monoisotopic (exact) mass is 687 g/mol. The molecule has 3 N–H and O–H groups in total. The fourth-order valence-electron chi connectivity index (χ4n) is 2.56. The van der Waals surface area contributed by atoms with Gasteiger partial charge in [0.2, 0.25) is 5.78 Å². The van der Waals surface area contributed by atoms with Gasteiger partial charge in [-0.1, -0.05) is 18.2 Å². The number of rotatable bonds is 2. The molecular formula is C17H12I3N3O3. The molecule has 1 aliphatic heterocycles. The standard InChI is InChI=1S/C17H12I3N3O3/c18-9-5-6-11(15(20)14(9)19)22-17(26)23-12-7-13(24)16(25)21-10-4-2-1-3-8(10)12/h1-6,12H,7H2,(H,21,25)(H2,22,23,26). The number of hydrogen-bond donors (Lipinski definition) is 3. The first kappa shape index (κ1) is 19.8. The summed E-state index contributed by atoms with van der Waals surface area (Å²) in [6, 6.07) is 9.81. The average Bonchev–Trinajstić information content (AvgIpc) is 2.72. The molecule has 1 heterocycles. The molecule has 1 unspecified atom stereocenters. The minimum atomic E-state index is -0.663. The highest BCUT2D eigenvalue weighted by atomic mass is 127. The zero-order valence-electron chi connectivity index (χ0n) is 13.1. The molecule has 1 aliphatic rings. The fraction of sp³-hybridized carbons (Fsp3) is 0.118. The van der Waals surface area contributed by atoms with Gasteiger partial charge >= 0.3 is 6.03 Å². The van der Waals surface area contributed by atoms with Crippen LogP contribution in [0.2, 0.25) is 0 Å². The van der Waals surface area contributed by atoms with Crippen LogP contribution in [0.4, 0.5) is 16.2 Å². The molecule has 2 aromatic rings. The number of carbonyl (C=O) groups is 3. The molecule has 3 rings (SSSR count). The fourth-order valence-corrected chi connectivity index (χ4v) is 4.60. The lowest BCUT2D eigenvalue weighted by Gasteiger charge is -2.19. The van der Waals surface area contributed by atoms with Crippen LogP contribution in [0.15, 0.2) is 36.4 Å². The van der Waals surface area contributed by atoms with Crippen molar-refractivity contribution < 1.29 is 14.4 Å². The molecule has 0 saturated heterocycles. The van der Waals surface area contributed by atoms with Gasteiger partial charge in [-0.15, -0.1) is 0 Å². The summed E-state index contributed by atoms with van der Waals surface area (Å²) >= 11 is 6.65. The summed E-state index contributed by atoms with van der Waals surface area (Å²) in [6.45, 7) is 0. The third-order valence-corrected chi connectivity index (χ3v) is 9.02. The quantitative estimate of drug-likeness (QED) is 0.251. The van der Waals surface area contributed by atoms with Crippen LogP contribution < -0.4 is 16.0 Å². The minimum Gasteiger partial charge on any atom is -0.331 e. The van der Waals surface area contributed by atoms with Gasteiger partial charge in [-0.25, -0.2) is 4.79 Å². The van der Waals surface area contributed by atoms with Crippen molar-refractivity contribution in [2.45, 2.75) is 12.5 Å². The molecule has 9 heteroatoms. The van der Waals surface area contributed by atoms with Crippen LogP contribution in [-0.2, 0) is 9.59 Å². The van der Waals surface area contributed by atoms with E-state index >= 15 is 0 Å². The number of nitrogens with one attached hydrogen (secondary N) is 3. The van der Waals surface area contributed by atoms with Crippen LogP contribution in [-0.4, -0.2) is 17.7 Å². The summed E-state index contributed by atoms with van der Waals surface area (Å²) in [4.78, 5) is 36.3. The number of amides is 3. The maximum atomic E-state index is 12.5. The van der Waals surface area contributed by atoms with Crippen molar-refractivity contribution in [2.75, 3.05) is 10.6 Å². The molecule has 0 aromatic heterocycles. The minimum absolute atomic E-state index is 0.0857. The van der Waals surface area contributed by atoms with Gasteiger partial charge in [0.25, 0.3) is 5.91 Å².